The fourth-order valence-corrected chi connectivity index (χ4v) is 1.79. The van der Waals surface area contributed by atoms with Gasteiger partial charge in [0.25, 0.3) is 0 Å². The van der Waals surface area contributed by atoms with Crippen LogP contribution < -0.4 is 16.6 Å². The van der Waals surface area contributed by atoms with Crippen molar-refractivity contribution >= 4 is 11.6 Å². The van der Waals surface area contributed by atoms with Gasteiger partial charge in [-0.25, -0.2) is 15.8 Å². The molecule has 0 saturated carbocycles. The van der Waals surface area contributed by atoms with Crippen molar-refractivity contribution in [3.05, 3.63) is 11.4 Å². The van der Waals surface area contributed by atoms with Gasteiger partial charge < -0.3 is 15.5 Å². The van der Waals surface area contributed by atoms with Crippen molar-refractivity contribution in [2.45, 2.75) is 53.1 Å². The van der Waals surface area contributed by atoms with Crippen LogP contribution in [0.3, 0.4) is 0 Å². The molecule has 0 saturated heterocycles. The third-order valence-corrected chi connectivity index (χ3v) is 2.96. The van der Waals surface area contributed by atoms with Gasteiger partial charge in [0, 0.05) is 25.1 Å². The molecule has 0 aliphatic rings. The van der Waals surface area contributed by atoms with Gasteiger partial charge in [0.05, 0.1) is 6.10 Å². The summed E-state index contributed by atoms with van der Waals surface area (Å²) in [5, 5.41) is 3.35. The standard InChI is InChI=1S/C14H27N5O/c1-5-12-17-13(11(4)14(18-12)19-15)16-8-6-7-9-20-10(2)3/h10H,5-9,15H2,1-4H3,(H2,16,17,18,19). The highest BCUT2D eigenvalue weighted by Crippen LogP contribution is 2.19. The predicted octanol–water partition coefficient (Wildman–Crippen LogP) is 2.25. The highest BCUT2D eigenvalue weighted by Gasteiger charge is 2.08. The number of ether oxygens (including phenoxy) is 1. The molecule has 0 bridgehead atoms. The summed E-state index contributed by atoms with van der Waals surface area (Å²) in [6, 6.07) is 0. The minimum atomic E-state index is 0.303. The van der Waals surface area contributed by atoms with Crippen molar-refractivity contribution in [3.8, 4) is 0 Å². The molecule has 1 rings (SSSR count). The number of nitrogens with one attached hydrogen (secondary N) is 2. The van der Waals surface area contributed by atoms with E-state index in [4.69, 9.17) is 10.6 Å². The molecule has 0 fully saturated rings. The molecule has 0 radical (unpaired) electrons. The maximum Gasteiger partial charge on any atom is 0.148 e. The third kappa shape index (κ3) is 5.30. The van der Waals surface area contributed by atoms with Crippen LogP contribution in [0.1, 0.15) is 45.0 Å². The Kier molecular flexibility index (Phi) is 7.25. The average molecular weight is 281 g/mol. The van der Waals surface area contributed by atoms with Crippen LogP contribution in [0, 0.1) is 6.92 Å². The van der Waals surface area contributed by atoms with Gasteiger partial charge in [0.2, 0.25) is 0 Å². The number of nitrogens with zero attached hydrogens (tertiary/aromatic N) is 2. The van der Waals surface area contributed by atoms with E-state index in [1.807, 2.05) is 13.8 Å². The molecule has 1 aromatic heterocycles. The van der Waals surface area contributed by atoms with E-state index in [0.29, 0.717) is 11.9 Å². The van der Waals surface area contributed by atoms with E-state index < -0.39 is 0 Å². The van der Waals surface area contributed by atoms with E-state index in [0.717, 1.165) is 49.6 Å². The Morgan fingerprint density at radius 2 is 1.90 bits per heavy atom. The van der Waals surface area contributed by atoms with Crippen molar-refractivity contribution in [2.24, 2.45) is 5.84 Å². The number of hydrogen-bond acceptors (Lipinski definition) is 6. The SMILES string of the molecule is CCc1nc(NN)c(C)c(NCCCCOC(C)C)n1. The Hall–Kier alpha value is -1.40. The fourth-order valence-electron chi connectivity index (χ4n) is 1.79. The Bertz CT molecular complexity index is 409. The number of aryl methyl sites for hydroxylation is 1. The van der Waals surface area contributed by atoms with Gasteiger partial charge in [-0.2, -0.15) is 0 Å². The van der Waals surface area contributed by atoms with E-state index in [2.05, 4.69) is 34.6 Å². The Morgan fingerprint density at radius 3 is 2.50 bits per heavy atom. The molecular weight excluding hydrogens is 254 g/mol. The van der Waals surface area contributed by atoms with Crippen LogP contribution in [0.2, 0.25) is 0 Å². The molecule has 114 valence electrons. The number of anilines is 2. The lowest BCUT2D eigenvalue weighted by atomic mass is 10.2. The number of rotatable bonds is 9. The van der Waals surface area contributed by atoms with Crippen molar-refractivity contribution < 1.29 is 4.74 Å². The lowest BCUT2D eigenvalue weighted by Crippen LogP contribution is -2.15. The second-order valence-corrected chi connectivity index (χ2v) is 5.01. The maximum absolute atomic E-state index is 5.51. The highest BCUT2D eigenvalue weighted by atomic mass is 16.5. The summed E-state index contributed by atoms with van der Waals surface area (Å²) in [6.07, 6.45) is 3.17. The number of aromatic nitrogens is 2. The van der Waals surface area contributed by atoms with Gasteiger partial charge in [0.15, 0.2) is 0 Å². The fraction of sp³-hybridized carbons (Fsp3) is 0.714. The first-order valence-electron chi connectivity index (χ1n) is 7.28. The van der Waals surface area contributed by atoms with E-state index in [1.54, 1.807) is 0 Å². The molecule has 0 amide bonds. The van der Waals surface area contributed by atoms with Gasteiger partial charge in [0.1, 0.15) is 17.5 Å². The van der Waals surface area contributed by atoms with Crippen LogP contribution in [0.15, 0.2) is 0 Å². The topological polar surface area (TPSA) is 85.1 Å². The Labute approximate surface area is 121 Å². The van der Waals surface area contributed by atoms with E-state index >= 15 is 0 Å². The van der Waals surface area contributed by atoms with E-state index in [9.17, 15) is 0 Å². The van der Waals surface area contributed by atoms with Gasteiger partial charge in [-0.1, -0.05) is 6.92 Å². The van der Waals surface area contributed by atoms with Crippen molar-refractivity contribution in [1.29, 1.82) is 0 Å². The van der Waals surface area contributed by atoms with Crippen molar-refractivity contribution in [1.82, 2.24) is 9.97 Å². The van der Waals surface area contributed by atoms with Crippen LogP contribution >= 0.6 is 0 Å². The first-order valence-corrected chi connectivity index (χ1v) is 7.28. The molecule has 1 aromatic rings. The van der Waals surface area contributed by atoms with Gasteiger partial charge >= 0.3 is 0 Å². The number of nitrogen functional groups attached to an aromatic ring is 1. The second-order valence-electron chi connectivity index (χ2n) is 5.01. The van der Waals surface area contributed by atoms with Gasteiger partial charge in [-0.15, -0.1) is 0 Å². The molecule has 20 heavy (non-hydrogen) atoms. The van der Waals surface area contributed by atoms with Gasteiger partial charge in [-0.3, -0.25) is 0 Å². The molecule has 0 unspecified atom stereocenters. The summed E-state index contributed by atoms with van der Waals surface area (Å²) in [5.74, 6) is 7.81. The number of nitrogens with two attached hydrogens (primary N) is 1. The molecule has 1 heterocycles. The zero-order chi connectivity index (χ0) is 15.0. The van der Waals surface area contributed by atoms with Crippen LogP contribution in [-0.2, 0) is 11.2 Å². The molecule has 6 heteroatoms. The zero-order valence-electron chi connectivity index (χ0n) is 13.0. The summed E-state index contributed by atoms with van der Waals surface area (Å²) in [4.78, 5) is 8.84. The first kappa shape index (κ1) is 16.7. The summed E-state index contributed by atoms with van der Waals surface area (Å²) >= 11 is 0. The molecule has 0 aliphatic carbocycles. The third-order valence-electron chi connectivity index (χ3n) is 2.96. The highest BCUT2D eigenvalue weighted by molar-refractivity contribution is 5.56. The first-order chi connectivity index (χ1) is 9.58. The number of hydrazine groups is 1. The summed E-state index contributed by atoms with van der Waals surface area (Å²) in [6.45, 7) is 9.76. The normalized spacial score (nSPS) is 10.9. The lowest BCUT2D eigenvalue weighted by molar-refractivity contribution is 0.0765. The minimum Gasteiger partial charge on any atom is -0.379 e. The Morgan fingerprint density at radius 1 is 1.20 bits per heavy atom. The molecule has 6 nitrogen and oxygen atoms in total. The van der Waals surface area contributed by atoms with Crippen LogP contribution in [0.4, 0.5) is 11.6 Å². The van der Waals surface area contributed by atoms with E-state index in [-0.39, 0.29) is 0 Å². The molecule has 0 aromatic carbocycles. The van der Waals surface area contributed by atoms with Crippen LogP contribution in [0.5, 0.6) is 0 Å². The van der Waals surface area contributed by atoms with Crippen molar-refractivity contribution in [2.75, 3.05) is 23.9 Å². The largest absolute Gasteiger partial charge is 0.379 e. The van der Waals surface area contributed by atoms with Crippen LogP contribution in [0.25, 0.3) is 0 Å². The number of hydrogen-bond donors (Lipinski definition) is 3. The van der Waals surface area contributed by atoms with Crippen LogP contribution in [-0.4, -0.2) is 29.2 Å². The summed E-state index contributed by atoms with van der Waals surface area (Å²) in [7, 11) is 0. The molecular formula is C14H27N5O. The second kappa shape index (κ2) is 8.71. The zero-order valence-corrected chi connectivity index (χ0v) is 13.0. The minimum absolute atomic E-state index is 0.303. The van der Waals surface area contributed by atoms with Crippen molar-refractivity contribution in [3.63, 3.8) is 0 Å². The quantitative estimate of drug-likeness (QED) is 0.366. The summed E-state index contributed by atoms with van der Waals surface area (Å²) < 4.78 is 5.51. The maximum atomic E-state index is 5.51. The number of unbranched alkanes of at least 4 members (excludes halogenated alkanes) is 1. The molecule has 4 N–H and O–H groups in total. The molecule has 0 atom stereocenters. The molecule has 0 spiro atoms. The molecule has 0 aliphatic heterocycles. The Balaban J connectivity index is 2.46. The average Bonchev–Trinajstić information content (AvgIpc) is 2.43. The summed E-state index contributed by atoms with van der Waals surface area (Å²) in [5.41, 5.74) is 3.57. The predicted molar refractivity (Wildman–Crippen MR) is 82.8 cm³/mol. The smallest absolute Gasteiger partial charge is 0.148 e. The monoisotopic (exact) mass is 281 g/mol. The van der Waals surface area contributed by atoms with E-state index in [1.165, 1.54) is 0 Å². The van der Waals surface area contributed by atoms with Gasteiger partial charge in [-0.05, 0) is 33.6 Å². The lowest BCUT2D eigenvalue weighted by Gasteiger charge is -2.13.